The Morgan fingerprint density at radius 3 is 2.26 bits per heavy atom. The number of urea groups is 1. The van der Waals surface area contributed by atoms with Crippen molar-refractivity contribution in [3.63, 3.8) is 0 Å². The van der Waals surface area contributed by atoms with Gasteiger partial charge >= 0.3 is 6.03 Å². The van der Waals surface area contributed by atoms with Crippen LogP contribution in [-0.4, -0.2) is 60.3 Å². The zero-order valence-electron chi connectivity index (χ0n) is 16.0. The molecule has 0 spiro atoms. The Balaban J connectivity index is 1.51. The van der Waals surface area contributed by atoms with Crippen LogP contribution < -0.4 is 5.32 Å². The van der Waals surface area contributed by atoms with E-state index in [1.54, 1.807) is 0 Å². The van der Waals surface area contributed by atoms with Crippen LogP contribution in [0, 0.1) is 0 Å². The molecular formula is C22H29N3O2. The topological polar surface area (TPSA) is 55.8 Å². The lowest BCUT2D eigenvalue weighted by atomic mass is 10.0. The normalized spacial score (nSPS) is 16.1. The van der Waals surface area contributed by atoms with E-state index in [-0.39, 0.29) is 18.7 Å². The highest BCUT2D eigenvalue weighted by molar-refractivity contribution is 5.75. The fourth-order valence-electron chi connectivity index (χ4n) is 3.42. The van der Waals surface area contributed by atoms with Crippen molar-refractivity contribution in [1.82, 2.24) is 15.1 Å². The smallest absolute Gasteiger partial charge is 0.317 e. The number of hydrogen-bond acceptors (Lipinski definition) is 3. The van der Waals surface area contributed by atoms with Gasteiger partial charge in [0.1, 0.15) is 0 Å². The van der Waals surface area contributed by atoms with Gasteiger partial charge in [0, 0.05) is 39.3 Å². The Hall–Kier alpha value is -2.37. The summed E-state index contributed by atoms with van der Waals surface area (Å²) in [6.07, 6.45) is 0.794. The molecule has 5 nitrogen and oxygen atoms in total. The number of carbonyl (C=O) groups is 1. The molecule has 0 saturated carbocycles. The molecule has 2 N–H and O–H groups in total. The molecule has 2 aromatic rings. The number of amides is 2. The highest BCUT2D eigenvalue weighted by atomic mass is 16.3. The Morgan fingerprint density at radius 1 is 1.00 bits per heavy atom. The van der Waals surface area contributed by atoms with Crippen LogP contribution in [0.4, 0.5) is 4.79 Å². The van der Waals surface area contributed by atoms with Crippen LogP contribution in [-0.2, 0) is 0 Å². The lowest BCUT2D eigenvalue weighted by Gasteiger charge is -2.35. The summed E-state index contributed by atoms with van der Waals surface area (Å²) in [5.74, 6) is 0. The second kappa shape index (κ2) is 9.53. The summed E-state index contributed by atoms with van der Waals surface area (Å²) in [6.45, 7) is 6.35. The van der Waals surface area contributed by atoms with Crippen molar-refractivity contribution in [1.29, 1.82) is 0 Å². The summed E-state index contributed by atoms with van der Waals surface area (Å²) in [6, 6.07) is 18.6. The lowest BCUT2D eigenvalue weighted by Crippen LogP contribution is -2.52. The van der Waals surface area contributed by atoms with Crippen molar-refractivity contribution >= 4 is 6.03 Å². The summed E-state index contributed by atoms with van der Waals surface area (Å²) in [4.78, 5) is 16.7. The van der Waals surface area contributed by atoms with E-state index in [1.165, 1.54) is 11.1 Å². The third kappa shape index (κ3) is 5.31. The second-order valence-corrected chi connectivity index (χ2v) is 7.07. The summed E-state index contributed by atoms with van der Waals surface area (Å²) in [5, 5.41) is 12.0. The molecule has 1 heterocycles. The van der Waals surface area contributed by atoms with Gasteiger partial charge in [-0.3, -0.25) is 4.90 Å². The first-order valence-corrected chi connectivity index (χ1v) is 9.71. The molecule has 0 radical (unpaired) electrons. The van der Waals surface area contributed by atoms with Gasteiger partial charge in [0.15, 0.2) is 0 Å². The number of piperazine rings is 1. The molecule has 5 heteroatoms. The highest BCUT2D eigenvalue weighted by Crippen LogP contribution is 2.22. The van der Waals surface area contributed by atoms with Crippen LogP contribution in [0.2, 0.25) is 0 Å². The molecule has 1 saturated heterocycles. The first-order valence-electron chi connectivity index (χ1n) is 9.71. The van der Waals surface area contributed by atoms with Crippen LogP contribution in [0.15, 0.2) is 54.6 Å². The number of aliphatic hydroxyl groups is 1. The van der Waals surface area contributed by atoms with Gasteiger partial charge in [-0.25, -0.2) is 4.79 Å². The third-order valence-corrected chi connectivity index (χ3v) is 5.15. The molecule has 0 aliphatic carbocycles. The second-order valence-electron chi connectivity index (χ2n) is 7.07. The van der Waals surface area contributed by atoms with Gasteiger partial charge in [-0.15, -0.1) is 0 Å². The summed E-state index contributed by atoms with van der Waals surface area (Å²) in [7, 11) is 0. The standard InChI is InChI=1S/C22H29N3O2/c1-18(19-8-10-21(11-9-19)20-6-3-2-4-7-20)23-22(27)25-15-13-24(14-16-25)12-5-17-26/h2-4,6-11,18,26H,5,12-17H2,1H3,(H,23,27)/t18-/m0/s1. The largest absolute Gasteiger partial charge is 0.396 e. The first-order chi connectivity index (χ1) is 13.2. The third-order valence-electron chi connectivity index (χ3n) is 5.15. The monoisotopic (exact) mass is 367 g/mol. The average Bonchev–Trinajstić information content (AvgIpc) is 2.73. The van der Waals surface area contributed by atoms with Crippen LogP contribution in [0.25, 0.3) is 11.1 Å². The van der Waals surface area contributed by atoms with Gasteiger partial charge in [0.2, 0.25) is 0 Å². The minimum Gasteiger partial charge on any atom is -0.396 e. The maximum atomic E-state index is 12.5. The van der Waals surface area contributed by atoms with Gasteiger partial charge in [-0.2, -0.15) is 0 Å². The predicted octanol–water partition coefficient (Wildman–Crippen LogP) is 3.12. The number of hydrogen-bond donors (Lipinski definition) is 2. The van der Waals surface area contributed by atoms with Crippen LogP contribution in [0.1, 0.15) is 24.9 Å². The maximum Gasteiger partial charge on any atom is 0.317 e. The van der Waals surface area contributed by atoms with E-state index in [4.69, 9.17) is 5.11 Å². The zero-order chi connectivity index (χ0) is 19.1. The fourth-order valence-corrected chi connectivity index (χ4v) is 3.42. The van der Waals surface area contributed by atoms with E-state index in [0.717, 1.165) is 44.7 Å². The molecule has 2 aromatic carbocycles. The molecule has 1 aliphatic heterocycles. The molecule has 0 unspecified atom stereocenters. The quantitative estimate of drug-likeness (QED) is 0.825. The molecule has 2 amide bonds. The highest BCUT2D eigenvalue weighted by Gasteiger charge is 2.22. The Bertz CT molecular complexity index is 710. The van der Waals surface area contributed by atoms with Gasteiger partial charge in [0.25, 0.3) is 0 Å². The summed E-state index contributed by atoms with van der Waals surface area (Å²) >= 11 is 0. The van der Waals surface area contributed by atoms with E-state index < -0.39 is 0 Å². The number of carbonyl (C=O) groups excluding carboxylic acids is 1. The lowest BCUT2D eigenvalue weighted by molar-refractivity contribution is 0.131. The average molecular weight is 367 g/mol. The molecule has 1 aliphatic rings. The van der Waals surface area contributed by atoms with E-state index in [0.29, 0.717) is 0 Å². The van der Waals surface area contributed by atoms with E-state index >= 15 is 0 Å². The molecule has 1 atom stereocenters. The molecular weight excluding hydrogens is 338 g/mol. The van der Waals surface area contributed by atoms with Crippen LogP contribution in [0.3, 0.4) is 0 Å². The van der Waals surface area contributed by atoms with Gasteiger partial charge < -0.3 is 15.3 Å². The Kier molecular flexibility index (Phi) is 6.85. The van der Waals surface area contributed by atoms with Crippen LogP contribution >= 0.6 is 0 Å². The molecule has 27 heavy (non-hydrogen) atoms. The van der Waals surface area contributed by atoms with Crippen molar-refractivity contribution in [2.75, 3.05) is 39.3 Å². The van der Waals surface area contributed by atoms with Crippen molar-refractivity contribution < 1.29 is 9.90 Å². The Morgan fingerprint density at radius 2 is 1.63 bits per heavy atom. The number of nitrogens with zero attached hydrogens (tertiary/aromatic N) is 2. The molecule has 1 fully saturated rings. The van der Waals surface area contributed by atoms with Crippen molar-refractivity contribution in [3.8, 4) is 11.1 Å². The molecule has 144 valence electrons. The summed E-state index contributed by atoms with van der Waals surface area (Å²) < 4.78 is 0. The van der Waals surface area contributed by atoms with Crippen molar-refractivity contribution in [2.24, 2.45) is 0 Å². The van der Waals surface area contributed by atoms with E-state index in [2.05, 4.69) is 46.6 Å². The van der Waals surface area contributed by atoms with Gasteiger partial charge in [-0.05, 0) is 30.0 Å². The number of nitrogens with one attached hydrogen (secondary N) is 1. The SMILES string of the molecule is C[C@H](NC(=O)N1CCN(CCCO)CC1)c1ccc(-c2ccccc2)cc1. The first kappa shape index (κ1) is 19.4. The number of aliphatic hydroxyl groups excluding tert-OH is 1. The molecule has 3 rings (SSSR count). The predicted molar refractivity (Wildman–Crippen MR) is 109 cm³/mol. The van der Waals surface area contributed by atoms with Gasteiger partial charge in [0.05, 0.1) is 6.04 Å². The van der Waals surface area contributed by atoms with Crippen molar-refractivity contribution in [3.05, 3.63) is 60.2 Å². The van der Waals surface area contributed by atoms with E-state index in [1.807, 2.05) is 30.0 Å². The van der Waals surface area contributed by atoms with Crippen molar-refractivity contribution in [2.45, 2.75) is 19.4 Å². The minimum absolute atomic E-state index is 0.00329. The van der Waals surface area contributed by atoms with Gasteiger partial charge in [-0.1, -0.05) is 54.6 Å². The number of rotatable bonds is 6. The summed E-state index contributed by atoms with van der Waals surface area (Å²) in [5.41, 5.74) is 3.47. The number of benzene rings is 2. The Labute approximate surface area is 161 Å². The minimum atomic E-state index is -0.0326. The molecule has 0 bridgehead atoms. The fraction of sp³-hybridized carbons (Fsp3) is 0.409. The van der Waals surface area contributed by atoms with E-state index in [9.17, 15) is 4.79 Å². The zero-order valence-corrected chi connectivity index (χ0v) is 16.0. The maximum absolute atomic E-state index is 12.5. The molecule has 0 aromatic heterocycles. The van der Waals surface area contributed by atoms with Crippen LogP contribution in [0.5, 0.6) is 0 Å².